The molecule has 0 heterocycles. The molecule has 1 saturated carbocycles. The Bertz CT molecular complexity index is 498. The number of carbonyl (C=O) groups is 1. The molecule has 0 atom stereocenters. The number of hydrogen-bond donors (Lipinski definition) is 2. The highest BCUT2D eigenvalue weighted by Crippen LogP contribution is 2.30. The zero-order valence-corrected chi connectivity index (χ0v) is 10.1. The van der Waals surface area contributed by atoms with Crippen molar-refractivity contribution in [2.24, 2.45) is 11.7 Å². The SMILES string of the molecule is NCC#Cc1cc(NC(=O)C2CC2)ccc1Cl. The summed E-state index contributed by atoms with van der Waals surface area (Å²) in [5.74, 6) is 5.87. The van der Waals surface area contributed by atoms with Gasteiger partial charge in [-0.1, -0.05) is 23.4 Å². The minimum absolute atomic E-state index is 0.0741. The Kier molecular flexibility index (Phi) is 3.68. The molecule has 0 aliphatic heterocycles. The van der Waals surface area contributed by atoms with Crippen molar-refractivity contribution in [1.82, 2.24) is 0 Å². The first-order valence-corrected chi connectivity index (χ1v) is 5.88. The number of anilines is 1. The number of rotatable bonds is 2. The Balaban J connectivity index is 2.14. The maximum absolute atomic E-state index is 11.6. The zero-order chi connectivity index (χ0) is 12.3. The third kappa shape index (κ3) is 3.23. The van der Waals surface area contributed by atoms with Gasteiger partial charge in [0.15, 0.2) is 0 Å². The fourth-order valence-electron chi connectivity index (χ4n) is 1.43. The number of nitrogens with two attached hydrogens (primary N) is 1. The first kappa shape index (κ1) is 12.0. The lowest BCUT2D eigenvalue weighted by atomic mass is 10.2. The normalized spacial score (nSPS) is 13.8. The van der Waals surface area contributed by atoms with Gasteiger partial charge < -0.3 is 11.1 Å². The lowest BCUT2D eigenvalue weighted by molar-refractivity contribution is -0.117. The average Bonchev–Trinajstić information content (AvgIpc) is 3.13. The number of nitrogens with one attached hydrogen (secondary N) is 1. The van der Waals surface area contributed by atoms with Crippen LogP contribution in [0.2, 0.25) is 5.02 Å². The van der Waals surface area contributed by atoms with Gasteiger partial charge in [0.2, 0.25) is 5.91 Å². The molecule has 17 heavy (non-hydrogen) atoms. The molecule has 3 N–H and O–H groups in total. The van der Waals surface area contributed by atoms with Gasteiger partial charge in [-0.05, 0) is 31.0 Å². The third-order valence-electron chi connectivity index (χ3n) is 2.51. The molecule has 1 aromatic carbocycles. The molecule has 1 aliphatic carbocycles. The highest BCUT2D eigenvalue weighted by molar-refractivity contribution is 6.31. The van der Waals surface area contributed by atoms with Crippen LogP contribution in [0.15, 0.2) is 18.2 Å². The molecule has 0 saturated heterocycles. The molecule has 0 spiro atoms. The highest BCUT2D eigenvalue weighted by Gasteiger charge is 2.29. The molecule has 2 rings (SSSR count). The Hall–Kier alpha value is -1.50. The van der Waals surface area contributed by atoms with Crippen LogP contribution in [0.4, 0.5) is 5.69 Å². The van der Waals surface area contributed by atoms with Crippen LogP contribution >= 0.6 is 11.6 Å². The number of hydrogen-bond acceptors (Lipinski definition) is 2. The molecule has 1 aliphatic rings. The van der Waals surface area contributed by atoms with Gasteiger partial charge >= 0.3 is 0 Å². The van der Waals surface area contributed by atoms with Gasteiger partial charge in [0.1, 0.15) is 0 Å². The Morgan fingerprint density at radius 3 is 2.94 bits per heavy atom. The molecule has 1 amide bonds. The van der Waals surface area contributed by atoms with Gasteiger partial charge in [-0.2, -0.15) is 0 Å². The van der Waals surface area contributed by atoms with Crippen LogP contribution in [-0.2, 0) is 4.79 Å². The van der Waals surface area contributed by atoms with Crippen LogP contribution in [0.25, 0.3) is 0 Å². The summed E-state index contributed by atoms with van der Waals surface area (Å²) in [6.07, 6.45) is 1.97. The van der Waals surface area contributed by atoms with Crippen molar-refractivity contribution in [1.29, 1.82) is 0 Å². The van der Waals surface area contributed by atoms with E-state index >= 15 is 0 Å². The van der Waals surface area contributed by atoms with Crippen LogP contribution in [0.5, 0.6) is 0 Å². The first-order chi connectivity index (χ1) is 8.20. The van der Waals surface area contributed by atoms with Crippen molar-refractivity contribution in [3.63, 3.8) is 0 Å². The lowest BCUT2D eigenvalue weighted by Gasteiger charge is -2.05. The largest absolute Gasteiger partial charge is 0.326 e. The predicted molar refractivity (Wildman–Crippen MR) is 68.7 cm³/mol. The van der Waals surface area contributed by atoms with Gasteiger partial charge in [-0.3, -0.25) is 4.79 Å². The van der Waals surface area contributed by atoms with E-state index in [0.717, 1.165) is 18.5 Å². The summed E-state index contributed by atoms with van der Waals surface area (Å²) < 4.78 is 0. The fraction of sp³-hybridized carbons (Fsp3) is 0.308. The van der Waals surface area contributed by atoms with Crippen molar-refractivity contribution >= 4 is 23.2 Å². The van der Waals surface area contributed by atoms with E-state index in [2.05, 4.69) is 17.2 Å². The zero-order valence-electron chi connectivity index (χ0n) is 9.29. The van der Waals surface area contributed by atoms with Crippen LogP contribution < -0.4 is 11.1 Å². The standard InChI is InChI=1S/C13H13ClN2O/c14-12-6-5-11(8-10(12)2-1-7-15)16-13(17)9-3-4-9/h5-6,8-9H,3-4,7,15H2,(H,16,17). The number of halogens is 1. The van der Waals surface area contributed by atoms with Gasteiger partial charge in [-0.15, -0.1) is 0 Å². The number of amides is 1. The van der Waals surface area contributed by atoms with Gasteiger partial charge in [0, 0.05) is 17.2 Å². The number of carbonyl (C=O) groups excluding carboxylic acids is 1. The van der Waals surface area contributed by atoms with E-state index in [4.69, 9.17) is 17.3 Å². The highest BCUT2D eigenvalue weighted by atomic mass is 35.5. The molecule has 88 valence electrons. The summed E-state index contributed by atoms with van der Waals surface area (Å²) in [5, 5.41) is 3.42. The van der Waals surface area contributed by atoms with Crippen molar-refractivity contribution < 1.29 is 4.79 Å². The molecule has 1 aromatic rings. The molecule has 3 nitrogen and oxygen atoms in total. The van der Waals surface area contributed by atoms with Crippen LogP contribution in [0, 0.1) is 17.8 Å². The lowest BCUT2D eigenvalue weighted by Crippen LogP contribution is -2.13. The van der Waals surface area contributed by atoms with E-state index in [1.54, 1.807) is 18.2 Å². The second-order valence-corrected chi connectivity index (χ2v) is 4.37. The minimum atomic E-state index is 0.0741. The van der Waals surface area contributed by atoms with Crippen LogP contribution in [0.3, 0.4) is 0 Å². The van der Waals surface area contributed by atoms with Crippen LogP contribution in [-0.4, -0.2) is 12.5 Å². The summed E-state index contributed by atoms with van der Waals surface area (Å²) in [6, 6.07) is 5.27. The molecule has 0 unspecified atom stereocenters. The maximum atomic E-state index is 11.6. The summed E-state index contributed by atoms with van der Waals surface area (Å²) in [5.41, 5.74) is 6.72. The van der Waals surface area contributed by atoms with E-state index in [1.807, 2.05) is 0 Å². The second-order valence-electron chi connectivity index (χ2n) is 3.96. The molecular formula is C13H13ClN2O. The monoisotopic (exact) mass is 248 g/mol. The van der Waals surface area contributed by atoms with E-state index < -0.39 is 0 Å². The van der Waals surface area contributed by atoms with E-state index in [-0.39, 0.29) is 18.4 Å². The third-order valence-corrected chi connectivity index (χ3v) is 2.84. The predicted octanol–water partition coefficient (Wildman–Crippen LogP) is 2.00. The van der Waals surface area contributed by atoms with Gasteiger partial charge in [0.05, 0.1) is 11.6 Å². The van der Waals surface area contributed by atoms with Gasteiger partial charge in [-0.25, -0.2) is 0 Å². The Labute approximate surface area is 105 Å². The molecule has 0 aromatic heterocycles. The minimum Gasteiger partial charge on any atom is -0.326 e. The summed E-state index contributed by atoms with van der Waals surface area (Å²) in [7, 11) is 0. The quantitative estimate of drug-likeness (QED) is 0.787. The van der Waals surface area contributed by atoms with Crippen molar-refractivity contribution in [2.75, 3.05) is 11.9 Å². The molecular weight excluding hydrogens is 236 g/mol. The van der Waals surface area contributed by atoms with Gasteiger partial charge in [0.25, 0.3) is 0 Å². The summed E-state index contributed by atoms with van der Waals surface area (Å²) in [6.45, 7) is 0.287. The van der Waals surface area contributed by atoms with E-state index in [0.29, 0.717) is 10.6 Å². The topological polar surface area (TPSA) is 55.1 Å². The van der Waals surface area contributed by atoms with Crippen molar-refractivity contribution in [3.8, 4) is 11.8 Å². The van der Waals surface area contributed by atoms with Crippen molar-refractivity contribution in [2.45, 2.75) is 12.8 Å². The van der Waals surface area contributed by atoms with Crippen molar-refractivity contribution in [3.05, 3.63) is 28.8 Å². The average molecular weight is 249 g/mol. The number of benzene rings is 1. The molecule has 0 bridgehead atoms. The summed E-state index contributed by atoms with van der Waals surface area (Å²) >= 11 is 5.99. The molecule has 1 fully saturated rings. The smallest absolute Gasteiger partial charge is 0.227 e. The first-order valence-electron chi connectivity index (χ1n) is 5.50. The van der Waals surface area contributed by atoms with E-state index in [1.165, 1.54) is 0 Å². The molecule has 4 heteroatoms. The fourth-order valence-corrected chi connectivity index (χ4v) is 1.60. The van der Waals surface area contributed by atoms with Crippen LogP contribution in [0.1, 0.15) is 18.4 Å². The Morgan fingerprint density at radius 1 is 1.53 bits per heavy atom. The molecule has 0 radical (unpaired) electrons. The summed E-state index contributed by atoms with van der Waals surface area (Å²) in [4.78, 5) is 11.6. The Morgan fingerprint density at radius 2 is 2.29 bits per heavy atom. The second kappa shape index (κ2) is 5.22. The maximum Gasteiger partial charge on any atom is 0.227 e. The van der Waals surface area contributed by atoms with E-state index in [9.17, 15) is 4.79 Å².